The van der Waals surface area contributed by atoms with Gasteiger partial charge in [-0.25, -0.2) is 8.42 Å². The third-order valence-corrected chi connectivity index (χ3v) is 5.43. The lowest BCUT2D eigenvalue weighted by atomic mass is 10.2. The van der Waals surface area contributed by atoms with Crippen LogP contribution in [0.3, 0.4) is 0 Å². The summed E-state index contributed by atoms with van der Waals surface area (Å²) in [4.78, 5) is 10.8. The third kappa shape index (κ3) is 3.61. The van der Waals surface area contributed by atoms with Gasteiger partial charge in [0.25, 0.3) is 0 Å². The van der Waals surface area contributed by atoms with Gasteiger partial charge in [0.15, 0.2) is 0 Å². The van der Waals surface area contributed by atoms with E-state index in [1.54, 1.807) is 0 Å². The van der Waals surface area contributed by atoms with Crippen molar-refractivity contribution in [2.45, 2.75) is 37.3 Å². The van der Waals surface area contributed by atoms with Crippen LogP contribution in [-0.2, 0) is 26.0 Å². The first-order valence-electron chi connectivity index (χ1n) is 6.75. The van der Waals surface area contributed by atoms with Gasteiger partial charge < -0.3 is 9.84 Å². The number of carboxylic acids is 1. The van der Waals surface area contributed by atoms with E-state index in [1.165, 1.54) is 28.6 Å². The molecule has 0 aromatic heterocycles. The highest BCUT2D eigenvalue weighted by atomic mass is 32.2. The molecular weight excluding hydrogens is 294 g/mol. The largest absolute Gasteiger partial charge is 0.481 e. The summed E-state index contributed by atoms with van der Waals surface area (Å²) in [5.74, 6) is -0.943. The van der Waals surface area contributed by atoms with E-state index in [1.807, 2.05) is 13.8 Å². The molecule has 1 N–H and O–H groups in total. The second-order valence-corrected chi connectivity index (χ2v) is 7.17. The fourth-order valence-corrected chi connectivity index (χ4v) is 3.99. The lowest BCUT2D eigenvalue weighted by molar-refractivity contribution is -0.136. The smallest absolute Gasteiger partial charge is 0.307 e. The molecule has 0 bridgehead atoms. The molecule has 0 amide bonds. The maximum absolute atomic E-state index is 12.6. The Morgan fingerprint density at radius 2 is 1.95 bits per heavy atom. The predicted molar refractivity (Wildman–Crippen MR) is 76.5 cm³/mol. The molecule has 1 aliphatic heterocycles. The molecule has 2 rings (SSSR count). The molecule has 2 unspecified atom stereocenters. The van der Waals surface area contributed by atoms with E-state index >= 15 is 0 Å². The van der Waals surface area contributed by atoms with Crippen molar-refractivity contribution in [3.8, 4) is 0 Å². The van der Waals surface area contributed by atoms with Gasteiger partial charge in [-0.15, -0.1) is 0 Å². The average Bonchev–Trinajstić information content (AvgIpc) is 2.41. The fourth-order valence-electron chi connectivity index (χ4n) is 2.30. The quantitative estimate of drug-likeness (QED) is 0.900. The van der Waals surface area contributed by atoms with Gasteiger partial charge in [-0.3, -0.25) is 4.79 Å². The maximum Gasteiger partial charge on any atom is 0.307 e. The zero-order valence-electron chi connectivity index (χ0n) is 12.0. The van der Waals surface area contributed by atoms with E-state index in [0.717, 1.165) is 0 Å². The van der Waals surface area contributed by atoms with Crippen LogP contribution >= 0.6 is 0 Å². The van der Waals surface area contributed by atoms with Crippen LogP contribution in [0.5, 0.6) is 0 Å². The topological polar surface area (TPSA) is 83.9 Å². The fraction of sp³-hybridized carbons (Fsp3) is 0.500. The Kier molecular flexibility index (Phi) is 4.65. The zero-order chi connectivity index (χ0) is 15.6. The monoisotopic (exact) mass is 313 g/mol. The van der Waals surface area contributed by atoms with E-state index in [2.05, 4.69) is 0 Å². The molecule has 21 heavy (non-hydrogen) atoms. The molecule has 1 aromatic rings. The van der Waals surface area contributed by atoms with E-state index in [9.17, 15) is 13.2 Å². The van der Waals surface area contributed by atoms with Crippen LogP contribution in [0.15, 0.2) is 29.2 Å². The van der Waals surface area contributed by atoms with E-state index < -0.39 is 16.0 Å². The first kappa shape index (κ1) is 15.9. The Hall–Kier alpha value is -1.44. The number of benzene rings is 1. The van der Waals surface area contributed by atoms with Gasteiger partial charge in [0.05, 0.1) is 24.0 Å². The number of nitrogens with zero attached hydrogens (tertiary/aromatic N) is 1. The van der Waals surface area contributed by atoms with Crippen LogP contribution in [0, 0.1) is 0 Å². The molecule has 6 nitrogen and oxygen atoms in total. The molecule has 1 saturated heterocycles. The number of morpholine rings is 1. The number of aliphatic carboxylic acids is 1. The zero-order valence-corrected chi connectivity index (χ0v) is 12.8. The van der Waals surface area contributed by atoms with Crippen molar-refractivity contribution in [3.63, 3.8) is 0 Å². The molecule has 1 aliphatic rings. The first-order valence-corrected chi connectivity index (χ1v) is 8.19. The molecule has 1 heterocycles. The van der Waals surface area contributed by atoms with Gasteiger partial charge in [0.1, 0.15) is 0 Å². The highest BCUT2D eigenvalue weighted by Gasteiger charge is 2.33. The standard InChI is InChI=1S/C14H19NO5S/c1-10-9-20-11(2)8-15(10)21(18,19)13-5-3-12(4-6-13)7-14(16)17/h3-6,10-11H,7-9H2,1-2H3,(H,16,17). The summed E-state index contributed by atoms with van der Waals surface area (Å²) >= 11 is 0. The average molecular weight is 313 g/mol. The second kappa shape index (κ2) is 6.13. The van der Waals surface area contributed by atoms with E-state index in [4.69, 9.17) is 9.84 Å². The summed E-state index contributed by atoms with van der Waals surface area (Å²) in [6.07, 6.45) is -0.257. The highest BCUT2D eigenvalue weighted by Crippen LogP contribution is 2.22. The lowest BCUT2D eigenvalue weighted by Crippen LogP contribution is -2.50. The first-order chi connectivity index (χ1) is 9.80. The predicted octanol–water partition coefficient (Wildman–Crippen LogP) is 1.11. The second-order valence-electron chi connectivity index (χ2n) is 5.28. The number of carboxylic acid groups (broad SMARTS) is 1. The molecule has 0 spiro atoms. The molecule has 116 valence electrons. The van der Waals surface area contributed by atoms with Gasteiger partial charge in [-0.2, -0.15) is 4.31 Å². The van der Waals surface area contributed by atoms with Crippen molar-refractivity contribution in [3.05, 3.63) is 29.8 Å². The number of hydrogen-bond donors (Lipinski definition) is 1. The molecule has 0 radical (unpaired) electrons. The van der Waals surface area contributed by atoms with Crippen molar-refractivity contribution in [1.29, 1.82) is 0 Å². The Labute approximate surface area is 124 Å². The summed E-state index contributed by atoms with van der Waals surface area (Å²) in [6, 6.07) is 5.77. The molecule has 1 aromatic carbocycles. The Morgan fingerprint density at radius 1 is 1.33 bits per heavy atom. The minimum Gasteiger partial charge on any atom is -0.481 e. The van der Waals surface area contributed by atoms with Crippen LogP contribution in [0.25, 0.3) is 0 Å². The van der Waals surface area contributed by atoms with Crippen molar-refractivity contribution >= 4 is 16.0 Å². The van der Waals surface area contributed by atoms with Crippen LogP contribution in [0.1, 0.15) is 19.4 Å². The van der Waals surface area contributed by atoms with Crippen LogP contribution in [0.4, 0.5) is 0 Å². The Morgan fingerprint density at radius 3 is 2.52 bits per heavy atom. The minimum atomic E-state index is -3.58. The molecule has 0 saturated carbocycles. The van der Waals surface area contributed by atoms with Crippen molar-refractivity contribution in [2.24, 2.45) is 0 Å². The van der Waals surface area contributed by atoms with Gasteiger partial charge >= 0.3 is 5.97 Å². The maximum atomic E-state index is 12.6. The molecule has 2 atom stereocenters. The number of ether oxygens (including phenoxy) is 1. The summed E-state index contributed by atoms with van der Waals surface area (Å²) in [7, 11) is -3.58. The van der Waals surface area contributed by atoms with Gasteiger partial charge in [0.2, 0.25) is 10.0 Å². The third-order valence-electron chi connectivity index (χ3n) is 3.44. The Bertz CT molecular complexity index is 611. The SMILES string of the molecule is CC1CN(S(=O)(=O)c2ccc(CC(=O)O)cc2)C(C)CO1. The normalized spacial score (nSPS) is 23.9. The number of hydrogen-bond acceptors (Lipinski definition) is 4. The van der Waals surface area contributed by atoms with Crippen LogP contribution in [0.2, 0.25) is 0 Å². The lowest BCUT2D eigenvalue weighted by Gasteiger charge is -2.35. The number of rotatable bonds is 4. The summed E-state index contributed by atoms with van der Waals surface area (Å²) in [5, 5.41) is 8.72. The summed E-state index contributed by atoms with van der Waals surface area (Å²) in [5.41, 5.74) is 0.574. The van der Waals surface area contributed by atoms with Crippen molar-refractivity contribution in [1.82, 2.24) is 4.31 Å². The molecule has 0 aliphatic carbocycles. The minimum absolute atomic E-state index is 0.120. The number of carbonyl (C=O) groups is 1. The van der Waals surface area contributed by atoms with Crippen molar-refractivity contribution in [2.75, 3.05) is 13.2 Å². The Balaban J connectivity index is 2.24. The van der Waals surface area contributed by atoms with Crippen molar-refractivity contribution < 1.29 is 23.1 Å². The highest BCUT2D eigenvalue weighted by molar-refractivity contribution is 7.89. The van der Waals surface area contributed by atoms with E-state index in [0.29, 0.717) is 18.7 Å². The number of sulfonamides is 1. The van der Waals surface area contributed by atoms with Gasteiger partial charge in [0, 0.05) is 12.6 Å². The molecular formula is C14H19NO5S. The summed E-state index contributed by atoms with van der Waals surface area (Å²) in [6.45, 7) is 4.34. The van der Waals surface area contributed by atoms with Crippen LogP contribution in [-0.4, -0.2) is 49.1 Å². The van der Waals surface area contributed by atoms with Crippen LogP contribution < -0.4 is 0 Å². The molecule has 7 heteroatoms. The van der Waals surface area contributed by atoms with Gasteiger partial charge in [-0.05, 0) is 31.5 Å². The molecule has 1 fully saturated rings. The summed E-state index contributed by atoms with van der Waals surface area (Å²) < 4.78 is 32.1. The van der Waals surface area contributed by atoms with Gasteiger partial charge in [-0.1, -0.05) is 12.1 Å². The van der Waals surface area contributed by atoms with E-state index in [-0.39, 0.29) is 23.5 Å².